The van der Waals surface area contributed by atoms with E-state index in [-0.39, 0.29) is 30.5 Å². The van der Waals surface area contributed by atoms with Crippen LogP contribution in [-0.4, -0.2) is 43.2 Å². The van der Waals surface area contributed by atoms with E-state index in [4.69, 9.17) is 32.7 Å². The Balaban J connectivity index is 1.17. The van der Waals surface area contributed by atoms with Crippen molar-refractivity contribution in [2.24, 2.45) is 0 Å². The first-order valence-electron chi connectivity index (χ1n) is 10.6. The molecule has 2 aromatic rings. The summed E-state index contributed by atoms with van der Waals surface area (Å²) < 4.78 is 11.3. The minimum absolute atomic E-state index is 0.0446. The second-order valence-corrected chi connectivity index (χ2v) is 8.87. The van der Waals surface area contributed by atoms with Crippen LogP contribution in [0.4, 0.5) is 5.69 Å². The number of carbonyl (C=O) groups is 2. The minimum Gasteiger partial charge on any atom is -0.484 e. The largest absolute Gasteiger partial charge is 0.484 e. The Morgan fingerprint density at radius 1 is 0.969 bits per heavy atom. The predicted octanol–water partition coefficient (Wildman–Crippen LogP) is 3.79. The lowest BCUT2D eigenvalue weighted by molar-refractivity contribution is -0.129. The molecular weight excluding hydrogens is 453 g/mol. The maximum atomic E-state index is 12.6. The summed E-state index contributed by atoms with van der Waals surface area (Å²) in [5.74, 6) is 0.920. The molecule has 2 amide bonds. The van der Waals surface area contributed by atoms with Crippen molar-refractivity contribution in [2.45, 2.75) is 43.9 Å². The zero-order valence-electron chi connectivity index (χ0n) is 17.4. The van der Waals surface area contributed by atoms with Crippen LogP contribution in [0.5, 0.6) is 11.5 Å². The number of carbonyl (C=O) groups excluding carboxylic acids is 2. The molecule has 0 saturated heterocycles. The van der Waals surface area contributed by atoms with Gasteiger partial charge in [0, 0.05) is 22.1 Å². The van der Waals surface area contributed by atoms with E-state index < -0.39 is 6.10 Å². The number of anilines is 1. The summed E-state index contributed by atoms with van der Waals surface area (Å²) in [5, 5.41) is 10.5. The van der Waals surface area contributed by atoms with Crippen molar-refractivity contribution in [3.8, 4) is 11.5 Å². The third-order valence-corrected chi connectivity index (χ3v) is 6.09. The third kappa shape index (κ3) is 5.99. The van der Waals surface area contributed by atoms with Crippen molar-refractivity contribution in [2.75, 3.05) is 18.5 Å². The Morgan fingerprint density at radius 3 is 2.34 bits per heavy atom. The molecule has 2 aliphatic rings. The van der Waals surface area contributed by atoms with Gasteiger partial charge in [-0.3, -0.25) is 9.59 Å². The number of nitrogens with one attached hydrogen (secondary N) is 3. The number of rotatable bonds is 6. The zero-order valence-corrected chi connectivity index (χ0v) is 18.9. The Labute approximate surface area is 196 Å². The molecular formula is C23H25Cl2N3O4. The van der Waals surface area contributed by atoms with Crippen LogP contribution in [0.15, 0.2) is 42.5 Å². The Bertz CT molecular complexity index is 962. The highest BCUT2D eigenvalue weighted by Crippen LogP contribution is 2.31. The van der Waals surface area contributed by atoms with Crippen molar-refractivity contribution in [3.05, 3.63) is 52.5 Å². The van der Waals surface area contributed by atoms with Gasteiger partial charge in [-0.1, -0.05) is 23.2 Å². The second kappa shape index (κ2) is 10.3. The number of benzene rings is 2. The molecule has 1 aliphatic heterocycles. The molecule has 7 nitrogen and oxygen atoms in total. The van der Waals surface area contributed by atoms with Crippen molar-refractivity contribution in [1.82, 2.24) is 10.6 Å². The van der Waals surface area contributed by atoms with Gasteiger partial charge >= 0.3 is 0 Å². The fraction of sp³-hybridized carbons (Fsp3) is 0.391. The molecule has 0 bridgehead atoms. The Hall–Kier alpha value is -2.64. The maximum absolute atomic E-state index is 12.6. The summed E-state index contributed by atoms with van der Waals surface area (Å²) in [6, 6.07) is 12.3. The van der Waals surface area contributed by atoms with Crippen molar-refractivity contribution >= 4 is 40.7 Å². The van der Waals surface area contributed by atoms with Crippen molar-refractivity contribution < 1.29 is 19.1 Å². The van der Waals surface area contributed by atoms with Gasteiger partial charge in [0.25, 0.3) is 11.8 Å². The van der Waals surface area contributed by atoms with Crippen LogP contribution in [-0.2, 0) is 9.59 Å². The van der Waals surface area contributed by atoms with Crippen molar-refractivity contribution in [3.63, 3.8) is 0 Å². The fourth-order valence-corrected chi connectivity index (χ4v) is 4.21. The van der Waals surface area contributed by atoms with Gasteiger partial charge in [-0.2, -0.15) is 0 Å². The van der Waals surface area contributed by atoms with E-state index >= 15 is 0 Å². The number of ether oxygens (including phenoxy) is 2. The van der Waals surface area contributed by atoms with Crippen molar-refractivity contribution in [1.29, 1.82) is 0 Å². The van der Waals surface area contributed by atoms with E-state index in [0.717, 1.165) is 31.4 Å². The summed E-state index contributed by atoms with van der Waals surface area (Å²) in [5.41, 5.74) is 0.790. The first-order chi connectivity index (χ1) is 15.5. The van der Waals surface area contributed by atoms with Crippen LogP contribution >= 0.6 is 23.2 Å². The standard InChI is InChI=1S/C23H25Cl2N3O4/c24-14-1-8-18(9-2-14)31-13-22(29)27-16-4-6-17(7-5-16)28-23(30)21-12-26-19-11-15(25)3-10-20(19)32-21/h1-3,8-11,16-17,21,26H,4-7,12-13H2,(H,27,29)(H,28,30). The van der Waals surface area contributed by atoms with E-state index in [1.807, 2.05) is 0 Å². The van der Waals surface area contributed by atoms with Crippen LogP contribution in [0, 0.1) is 0 Å². The summed E-state index contributed by atoms with van der Waals surface area (Å²) in [6.45, 7) is 0.342. The highest BCUT2D eigenvalue weighted by Gasteiger charge is 2.29. The van der Waals surface area contributed by atoms with Crippen LogP contribution in [0.25, 0.3) is 0 Å². The van der Waals surface area contributed by atoms with Gasteiger partial charge in [-0.05, 0) is 68.1 Å². The molecule has 1 heterocycles. The van der Waals surface area contributed by atoms with E-state index in [2.05, 4.69) is 16.0 Å². The van der Waals surface area contributed by atoms with Gasteiger partial charge in [0.15, 0.2) is 12.7 Å². The van der Waals surface area contributed by atoms with Crippen LogP contribution in [0.3, 0.4) is 0 Å². The van der Waals surface area contributed by atoms with Crippen LogP contribution < -0.4 is 25.4 Å². The smallest absolute Gasteiger partial charge is 0.263 e. The van der Waals surface area contributed by atoms with Crippen LogP contribution in [0.1, 0.15) is 25.7 Å². The fourth-order valence-electron chi connectivity index (χ4n) is 3.91. The molecule has 9 heteroatoms. The van der Waals surface area contributed by atoms with Gasteiger partial charge in [-0.15, -0.1) is 0 Å². The summed E-state index contributed by atoms with van der Waals surface area (Å²) in [4.78, 5) is 24.8. The summed E-state index contributed by atoms with van der Waals surface area (Å²) in [7, 11) is 0. The average molecular weight is 478 g/mol. The molecule has 3 N–H and O–H groups in total. The molecule has 4 rings (SSSR count). The second-order valence-electron chi connectivity index (χ2n) is 8.00. The Morgan fingerprint density at radius 2 is 1.62 bits per heavy atom. The number of hydrogen-bond donors (Lipinski definition) is 3. The summed E-state index contributed by atoms with van der Waals surface area (Å²) in [6.07, 6.45) is 2.58. The topological polar surface area (TPSA) is 88.7 Å². The third-order valence-electron chi connectivity index (χ3n) is 5.60. The van der Waals surface area contributed by atoms with E-state index in [0.29, 0.717) is 28.1 Å². The van der Waals surface area contributed by atoms with Crippen LogP contribution in [0.2, 0.25) is 10.0 Å². The van der Waals surface area contributed by atoms with Gasteiger partial charge in [0.05, 0.1) is 12.2 Å². The van der Waals surface area contributed by atoms with Gasteiger partial charge in [0.1, 0.15) is 11.5 Å². The zero-order chi connectivity index (χ0) is 22.5. The molecule has 2 aromatic carbocycles. The normalized spacial score (nSPS) is 22.0. The maximum Gasteiger partial charge on any atom is 0.263 e. The van der Waals surface area contributed by atoms with E-state index in [9.17, 15) is 9.59 Å². The molecule has 0 spiro atoms. The summed E-state index contributed by atoms with van der Waals surface area (Å²) >= 11 is 11.8. The minimum atomic E-state index is -0.592. The highest BCUT2D eigenvalue weighted by atomic mass is 35.5. The molecule has 1 aliphatic carbocycles. The molecule has 1 fully saturated rings. The number of hydrogen-bond acceptors (Lipinski definition) is 5. The van der Waals surface area contributed by atoms with Gasteiger partial charge in [-0.25, -0.2) is 0 Å². The number of fused-ring (bicyclic) bond motifs is 1. The first-order valence-corrected chi connectivity index (χ1v) is 11.4. The molecule has 1 atom stereocenters. The van der Waals surface area contributed by atoms with E-state index in [1.54, 1.807) is 42.5 Å². The Kier molecular flexibility index (Phi) is 7.27. The lowest BCUT2D eigenvalue weighted by Crippen LogP contribution is -2.50. The number of halogens is 2. The quantitative estimate of drug-likeness (QED) is 0.588. The first kappa shape index (κ1) is 22.6. The molecule has 0 radical (unpaired) electrons. The van der Waals surface area contributed by atoms with E-state index in [1.165, 1.54) is 0 Å². The molecule has 170 valence electrons. The molecule has 1 saturated carbocycles. The monoisotopic (exact) mass is 477 g/mol. The molecule has 0 aromatic heterocycles. The molecule has 1 unspecified atom stereocenters. The lowest BCUT2D eigenvalue weighted by atomic mass is 9.91. The SMILES string of the molecule is O=C(COc1ccc(Cl)cc1)NC1CCC(NC(=O)C2CNc3cc(Cl)ccc3O2)CC1. The van der Waals surface area contributed by atoms with Gasteiger partial charge in [0.2, 0.25) is 0 Å². The highest BCUT2D eigenvalue weighted by molar-refractivity contribution is 6.31. The predicted molar refractivity (Wildman–Crippen MR) is 124 cm³/mol. The molecule has 32 heavy (non-hydrogen) atoms. The average Bonchev–Trinajstić information content (AvgIpc) is 2.79. The van der Waals surface area contributed by atoms with Gasteiger partial charge < -0.3 is 25.4 Å². The number of amides is 2. The lowest BCUT2D eigenvalue weighted by Gasteiger charge is -2.32.